The van der Waals surface area contributed by atoms with Gasteiger partial charge in [-0.05, 0) is 70.4 Å². The number of carbonyl (C=O) groups is 1. The van der Waals surface area contributed by atoms with Crippen molar-refractivity contribution in [3.8, 4) is 22.6 Å². The van der Waals surface area contributed by atoms with Gasteiger partial charge < -0.3 is 23.8 Å². The van der Waals surface area contributed by atoms with Crippen molar-refractivity contribution in [2.45, 2.75) is 13.1 Å². The number of carbonyl (C=O) groups excluding carboxylic acids is 1. The van der Waals surface area contributed by atoms with Crippen molar-refractivity contribution in [3.63, 3.8) is 0 Å². The van der Waals surface area contributed by atoms with Crippen molar-refractivity contribution in [1.82, 2.24) is 30.4 Å². The molecule has 0 amide bonds. The summed E-state index contributed by atoms with van der Waals surface area (Å²) in [5.41, 5.74) is 7.61. The maximum Gasteiger partial charge on any atom is 0.329 e. The molecule has 0 bridgehead atoms. The molecule has 1 radical (unpaired) electrons. The van der Waals surface area contributed by atoms with Crippen molar-refractivity contribution in [3.05, 3.63) is 170 Å². The molecule has 6 aromatic heterocycles. The number of pyridine rings is 2. The van der Waals surface area contributed by atoms with E-state index in [2.05, 4.69) is 72.1 Å². The van der Waals surface area contributed by atoms with Crippen molar-refractivity contribution < 1.29 is 13.6 Å². The van der Waals surface area contributed by atoms with Gasteiger partial charge in [-0.1, -0.05) is 60.7 Å². The summed E-state index contributed by atoms with van der Waals surface area (Å²) in [5, 5.41) is 25.2. The van der Waals surface area contributed by atoms with Crippen LogP contribution in [0.2, 0.25) is 0 Å². The summed E-state index contributed by atoms with van der Waals surface area (Å²) in [5.74, 6) is 1.61. The smallest absolute Gasteiger partial charge is 0.329 e. The third-order valence-electron chi connectivity index (χ3n) is 9.61. The standard InChI is InChI=1S/C23H16BN4O2.C22H16N4O/c29-15-24-28(19-7-8-26-27-12-19)14-16-5-6-18-11-25-13-21(20(18)9-16)23-10-17-3-1-2-4-22(17)30-23;1-2-4-21-16(3-1)10-22(27-21)20-14-23-12-17-6-5-15(9-19(17)20)11-24-18-7-8-25-26-13-18/h1-13,15H,14H2;1-10,12-14H,11H2,(H,24,25). The van der Waals surface area contributed by atoms with E-state index < -0.39 is 0 Å². The van der Waals surface area contributed by atoms with Gasteiger partial charge in [0.15, 0.2) is 0 Å². The third-order valence-corrected chi connectivity index (χ3v) is 9.61. The van der Waals surface area contributed by atoms with Crippen molar-refractivity contribution in [2.24, 2.45) is 0 Å². The molecule has 12 heteroatoms. The normalized spacial score (nSPS) is 11.0. The van der Waals surface area contributed by atoms with E-state index in [-0.39, 0.29) is 0 Å². The summed E-state index contributed by atoms with van der Waals surface area (Å²) in [4.78, 5) is 21.8. The van der Waals surface area contributed by atoms with E-state index in [4.69, 9.17) is 8.83 Å². The monoisotopic (exact) mass is 743 g/mol. The van der Waals surface area contributed by atoms with Gasteiger partial charge in [-0.3, -0.25) is 9.97 Å². The Hall–Kier alpha value is -7.73. The van der Waals surface area contributed by atoms with E-state index in [0.29, 0.717) is 13.1 Å². The fraction of sp³-hybridized carbons (Fsp3) is 0.0444. The number of fused-ring (bicyclic) bond motifs is 4. The second kappa shape index (κ2) is 15.9. The topological polar surface area (TPSA) is 136 Å². The van der Waals surface area contributed by atoms with Crippen molar-refractivity contribution in [2.75, 3.05) is 10.1 Å². The van der Waals surface area contributed by atoms with Crippen molar-refractivity contribution >= 4 is 68.5 Å². The van der Waals surface area contributed by atoms with Crippen LogP contribution in [0.4, 0.5) is 11.4 Å². The highest BCUT2D eigenvalue weighted by Gasteiger charge is 2.14. The van der Waals surface area contributed by atoms with Crippen LogP contribution in [-0.4, -0.2) is 44.0 Å². The molecule has 0 aliphatic carbocycles. The van der Waals surface area contributed by atoms with Crippen LogP contribution in [0, 0.1) is 0 Å². The fourth-order valence-corrected chi connectivity index (χ4v) is 6.81. The zero-order valence-corrected chi connectivity index (χ0v) is 30.4. The Kier molecular flexibility index (Phi) is 9.79. The number of anilines is 2. The molecule has 10 rings (SSSR count). The van der Waals surface area contributed by atoms with E-state index in [9.17, 15) is 4.79 Å². The van der Waals surface area contributed by atoms with Gasteiger partial charge in [0.1, 0.15) is 28.9 Å². The molecule has 6 heterocycles. The number of hydrogen-bond donors (Lipinski definition) is 1. The van der Waals surface area contributed by atoms with E-state index in [0.717, 1.165) is 89.3 Å². The minimum atomic E-state index is 0.516. The summed E-state index contributed by atoms with van der Waals surface area (Å²) in [6.07, 6.45) is 14.8. The first-order chi connectivity index (χ1) is 28.2. The van der Waals surface area contributed by atoms with Crippen LogP contribution in [0.5, 0.6) is 0 Å². The average Bonchev–Trinajstić information content (AvgIpc) is 3.91. The van der Waals surface area contributed by atoms with Gasteiger partial charge in [0.25, 0.3) is 0 Å². The van der Waals surface area contributed by atoms with Crippen LogP contribution in [0.15, 0.2) is 168 Å². The summed E-state index contributed by atoms with van der Waals surface area (Å²) >= 11 is 0. The Morgan fingerprint density at radius 2 is 1.18 bits per heavy atom. The number of para-hydroxylation sites is 2. The Bertz CT molecular complexity index is 2910. The molecule has 0 atom stereocenters. The van der Waals surface area contributed by atoms with Crippen LogP contribution in [0.3, 0.4) is 0 Å². The Labute approximate surface area is 327 Å². The first-order valence-corrected chi connectivity index (χ1v) is 18.2. The molecule has 0 aliphatic rings. The predicted molar refractivity (Wildman–Crippen MR) is 224 cm³/mol. The molecule has 0 spiro atoms. The minimum absolute atomic E-state index is 0.516. The lowest BCUT2D eigenvalue weighted by Gasteiger charge is -2.21. The second-order valence-corrected chi connectivity index (χ2v) is 13.3. The molecule has 0 saturated heterocycles. The number of nitrogens with zero attached hydrogens (tertiary/aromatic N) is 7. The van der Waals surface area contributed by atoms with Gasteiger partial charge in [0.05, 0.1) is 30.5 Å². The zero-order chi connectivity index (χ0) is 38.4. The molecular weight excluding hydrogens is 711 g/mol. The highest BCUT2D eigenvalue weighted by atomic mass is 16.3. The molecule has 1 N–H and O–H groups in total. The molecule has 4 aromatic carbocycles. The Morgan fingerprint density at radius 1 is 0.579 bits per heavy atom. The maximum absolute atomic E-state index is 11.2. The van der Waals surface area contributed by atoms with Crippen LogP contribution >= 0.6 is 0 Å². The van der Waals surface area contributed by atoms with Crippen LogP contribution in [0.1, 0.15) is 11.1 Å². The Morgan fingerprint density at radius 3 is 1.75 bits per heavy atom. The molecule has 10 aromatic rings. The average molecular weight is 744 g/mol. The summed E-state index contributed by atoms with van der Waals surface area (Å²) in [6.45, 7) is 1.21. The van der Waals surface area contributed by atoms with E-state index in [1.54, 1.807) is 24.8 Å². The number of furan rings is 2. The molecule has 11 nitrogen and oxygen atoms in total. The SMILES string of the molecule is O=C[B]N(Cc1ccc2cncc(-c3cc4ccccc4o3)c2c1)c1ccnnc1.c1ccc2oc(-c3cncc4ccc(CNc5ccnnc5)cc34)cc2c1. The lowest BCUT2D eigenvalue weighted by atomic mass is 9.92. The maximum atomic E-state index is 11.2. The lowest BCUT2D eigenvalue weighted by molar-refractivity contribution is 0.568. The summed E-state index contributed by atoms with van der Waals surface area (Å²) in [7, 11) is 1.49. The van der Waals surface area contributed by atoms with Crippen LogP contribution in [-0.2, 0) is 17.9 Å². The predicted octanol–water partition coefficient (Wildman–Crippen LogP) is 9.30. The van der Waals surface area contributed by atoms with Crippen LogP contribution in [0.25, 0.3) is 66.1 Å². The molecular formula is C45H32BN8O3. The largest absolute Gasteiger partial charge is 0.456 e. The Balaban J connectivity index is 0.000000149. The summed E-state index contributed by atoms with van der Waals surface area (Å²) in [6, 6.07) is 36.4. The molecule has 0 saturated carbocycles. The highest BCUT2D eigenvalue weighted by Crippen LogP contribution is 2.34. The van der Waals surface area contributed by atoms with Gasteiger partial charge in [0, 0.05) is 76.2 Å². The number of nitrogens with one attached hydrogen (secondary N) is 1. The highest BCUT2D eigenvalue weighted by molar-refractivity contribution is 6.70. The zero-order valence-electron chi connectivity index (χ0n) is 30.4. The number of rotatable bonds is 10. The van der Waals surface area contributed by atoms with Crippen molar-refractivity contribution in [1.29, 1.82) is 0 Å². The number of hydrogen-bond acceptors (Lipinski definition) is 11. The number of aromatic nitrogens is 6. The molecule has 57 heavy (non-hydrogen) atoms. The quantitative estimate of drug-likeness (QED) is 0.106. The van der Waals surface area contributed by atoms with E-state index in [1.807, 2.05) is 102 Å². The third kappa shape index (κ3) is 7.65. The molecule has 273 valence electrons. The van der Waals surface area contributed by atoms with Gasteiger partial charge >= 0.3 is 7.41 Å². The van der Waals surface area contributed by atoms with Gasteiger partial charge in [-0.15, -0.1) is 0 Å². The van der Waals surface area contributed by atoms with Gasteiger partial charge in [-0.2, -0.15) is 20.4 Å². The molecule has 0 aliphatic heterocycles. The fourth-order valence-electron chi connectivity index (χ4n) is 6.81. The molecule has 0 fully saturated rings. The second-order valence-electron chi connectivity index (χ2n) is 13.3. The minimum Gasteiger partial charge on any atom is -0.456 e. The summed E-state index contributed by atoms with van der Waals surface area (Å²) < 4.78 is 12.1. The first-order valence-electron chi connectivity index (χ1n) is 18.2. The lowest BCUT2D eigenvalue weighted by Crippen LogP contribution is -2.28. The van der Waals surface area contributed by atoms with Gasteiger partial charge in [-0.25, -0.2) is 0 Å². The molecule has 0 unspecified atom stereocenters. The van der Waals surface area contributed by atoms with E-state index in [1.165, 1.54) is 13.0 Å². The van der Waals surface area contributed by atoms with E-state index >= 15 is 0 Å². The van der Waals surface area contributed by atoms with Crippen LogP contribution < -0.4 is 10.1 Å². The number of benzene rings is 4. The van der Waals surface area contributed by atoms with Gasteiger partial charge in [0.2, 0.25) is 0 Å². The first kappa shape index (κ1) is 35.0.